The SMILES string of the molecule is Cn1c(-c2cccc(NC(=O)Cc3csc(-c4ccccc4)n3)c2)nc2ccccc21. The quantitative estimate of drug-likeness (QED) is 0.403. The number of nitrogens with one attached hydrogen (secondary N) is 1. The molecule has 2 aromatic heterocycles. The number of aryl methyl sites for hydroxylation is 1. The molecular formula is C25H20N4OS. The summed E-state index contributed by atoms with van der Waals surface area (Å²) in [6.45, 7) is 0. The summed E-state index contributed by atoms with van der Waals surface area (Å²) in [5.41, 5.74) is 5.56. The lowest BCUT2D eigenvalue weighted by molar-refractivity contribution is -0.115. The maximum absolute atomic E-state index is 12.6. The Morgan fingerprint density at radius 1 is 0.935 bits per heavy atom. The van der Waals surface area contributed by atoms with Crippen LogP contribution in [-0.2, 0) is 18.3 Å². The van der Waals surface area contributed by atoms with Gasteiger partial charge in [-0.05, 0) is 24.3 Å². The van der Waals surface area contributed by atoms with Gasteiger partial charge in [-0.2, -0.15) is 0 Å². The lowest BCUT2D eigenvalue weighted by atomic mass is 10.2. The molecule has 1 N–H and O–H groups in total. The molecular weight excluding hydrogens is 404 g/mol. The molecule has 152 valence electrons. The predicted octanol–water partition coefficient (Wildman–Crippen LogP) is 5.55. The lowest BCUT2D eigenvalue weighted by Gasteiger charge is -2.07. The van der Waals surface area contributed by atoms with Crippen molar-refractivity contribution in [2.45, 2.75) is 6.42 Å². The summed E-state index contributed by atoms with van der Waals surface area (Å²) in [6.07, 6.45) is 0.236. The van der Waals surface area contributed by atoms with Crippen molar-refractivity contribution in [1.29, 1.82) is 0 Å². The van der Waals surface area contributed by atoms with E-state index in [0.717, 1.165) is 44.4 Å². The molecule has 0 bridgehead atoms. The molecule has 5 aromatic rings. The van der Waals surface area contributed by atoms with Crippen molar-refractivity contribution in [1.82, 2.24) is 14.5 Å². The highest BCUT2D eigenvalue weighted by Gasteiger charge is 2.12. The molecule has 6 heteroatoms. The van der Waals surface area contributed by atoms with Crippen LogP contribution in [-0.4, -0.2) is 20.4 Å². The monoisotopic (exact) mass is 424 g/mol. The summed E-state index contributed by atoms with van der Waals surface area (Å²) in [6, 6.07) is 25.8. The largest absolute Gasteiger partial charge is 0.327 e. The number of amides is 1. The Labute approximate surface area is 184 Å². The second kappa shape index (κ2) is 8.16. The van der Waals surface area contributed by atoms with Crippen LogP contribution in [0.25, 0.3) is 33.0 Å². The molecule has 3 aromatic carbocycles. The third-order valence-electron chi connectivity index (χ3n) is 5.11. The summed E-state index contributed by atoms with van der Waals surface area (Å²) in [5.74, 6) is 0.774. The minimum absolute atomic E-state index is 0.0907. The fourth-order valence-electron chi connectivity index (χ4n) is 3.61. The van der Waals surface area contributed by atoms with Gasteiger partial charge >= 0.3 is 0 Å². The van der Waals surface area contributed by atoms with E-state index in [4.69, 9.17) is 4.98 Å². The van der Waals surface area contributed by atoms with E-state index >= 15 is 0 Å². The Morgan fingerprint density at radius 3 is 2.55 bits per heavy atom. The summed E-state index contributed by atoms with van der Waals surface area (Å²) >= 11 is 1.55. The van der Waals surface area contributed by atoms with Gasteiger partial charge in [0.05, 0.1) is 23.1 Å². The second-order valence-corrected chi connectivity index (χ2v) is 8.16. The number of para-hydroxylation sites is 2. The number of imidazole rings is 1. The molecule has 0 aliphatic heterocycles. The molecule has 5 nitrogen and oxygen atoms in total. The van der Waals surface area contributed by atoms with Crippen molar-refractivity contribution >= 4 is 34.0 Å². The van der Waals surface area contributed by atoms with Gasteiger partial charge in [-0.25, -0.2) is 9.97 Å². The Hall–Kier alpha value is -3.77. The smallest absolute Gasteiger partial charge is 0.230 e. The number of thiazole rings is 1. The Kier molecular flexibility index (Phi) is 5.06. The Morgan fingerprint density at radius 2 is 1.71 bits per heavy atom. The van der Waals surface area contributed by atoms with Crippen molar-refractivity contribution in [3.8, 4) is 22.0 Å². The summed E-state index contributed by atoms with van der Waals surface area (Å²) in [7, 11) is 2.00. The van der Waals surface area contributed by atoms with E-state index in [1.54, 1.807) is 11.3 Å². The van der Waals surface area contributed by atoms with Gasteiger partial charge in [-0.1, -0.05) is 54.6 Å². The van der Waals surface area contributed by atoms with Crippen LogP contribution in [0.5, 0.6) is 0 Å². The molecule has 0 saturated carbocycles. The maximum Gasteiger partial charge on any atom is 0.230 e. The molecule has 0 fully saturated rings. The van der Waals surface area contributed by atoms with Gasteiger partial charge in [0.15, 0.2) is 0 Å². The normalized spacial score (nSPS) is 11.0. The van der Waals surface area contributed by atoms with Gasteiger partial charge in [-0.3, -0.25) is 4.79 Å². The summed E-state index contributed by atoms with van der Waals surface area (Å²) < 4.78 is 2.07. The lowest BCUT2D eigenvalue weighted by Crippen LogP contribution is -2.14. The summed E-state index contributed by atoms with van der Waals surface area (Å²) in [5, 5.41) is 5.86. The maximum atomic E-state index is 12.6. The molecule has 0 aliphatic rings. The van der Waals surface area contributed by atoms with Crippen LogP contribution in [0.4, 0.5) is 5.69 Å². The first-order chi connectivity index (χ1) is 15.2. The van der Waals surface area contributed by atoms with Crippen LogP contribution in [0.2, 0.25) is 0 Å². The van der Waals surface area contributed by atoms with E-state index in [1.165, 1.54) is 0 Å². The second-order valence-electron chi connectivity index (χ2n) is 7.30. The average Bonchev–Trinajstić information content (AvgIpc) is 3.39. The summed E-state index contributed by atoms with van der Waals surface area (Å²) in [4.78, 5) is 22.0. The van der Waals surface area contributed by atoms with Crippen LogP contribution in [0.15, 0.2) is 84.2 Å². The van der Waals surface area contributed by atoms with Gasteiger partial charge in [-0.15, -0.1) is 11.3 Å². The fourth-order valence-corrected chi connectivity index (χ4v) is 4.44. The number of rotatable bonds is 5. The number of fused-ring (bicyclic) bond motifs is 1. The first-order valence-electron chi connectivity index (χ1n) is 9.99. The van der Waals surface area contributed by atoms with E-state index < -0.39 is 0 Å². The van der Waals surface area contributed by atoms with Gasteiger partial charge in [0.2, 0.25) is 5.91 Å². The Bertz CT molecular complexity index is 1370. The highest BCUT2D eigenvalue weighted by molar-refractivity contribution is 7.13. The molecule has 0 saturated heterocycles. The zero-order valence-corrected chi connectivity index (χ0v) is 17.8. The van der Waals surface area contributed by atoms with E-state index in [2.05, 4.69) is 20.9 Å². The molecule has 0 spiro atoms. The Balaban J connectivity index is 1.32. The van der Waals surface area contributed by atoms with Gasteiger partial charge in [0.1, 0.15) is 10.8 Å². The first kappa shape index (κ1) is 19.2. The van der Waals surface area contributed by atoms with Crippen LogP contribution < -0.4 is 5.32 Å². The minimum atomic E-state index is -0.0907. The average molecular weight is 425 g/mol. The van der Waals surface area contributed by atoms with Crippen molar-refractivity contribution in [3.63, 3.8) is 0 Å². The number of hydrogen-bond acceptors (Lipinski definition) is 4. The van der Waals surface area contributed by atoms with Crippen molar-refractivity contribution in [2.75, 3.05) is 5.32 Å². The standard InChI is InChI=1S/C25H20N4OS/c1-29-22-13-6-5-12-21(22)28-24(29)18-10-7-11-19(14-18)26-23(30)15-20-16-31-25(27-20)17-8-3-2-4-9-17/h2-14,16H,15H2,1H3,(H,26,30). The molecule has 0 radical (unpaired) electrons. The highest BCUT2D eigenvalue weighted by Crippen LogP contribution is 2.26. The number of carbonyl (C=O) groups is 1. The molecule has 31 heavy (non-hydrogen) atoms. The third kappa shape index (κ3) is 3.98. The van der Waals surface area contributed by atoms with Gasteiger partial charge in [0, 0.05) is 29.2 Å². The zero-order valence-electron chi connectivity index (χ0n) is 16.9. The van der Waals surface area contributed by atoms with Gasteiger partial charge in [0.25, 0.3) is 0 Å². The third-order valence-corrected chi connectivity index (χ3v) is 6.05. The van der Waals surface area contributed by atoms with E-state index in [0.29, 0.717) is 0 Å². The molecule has 0 unspecified atom stereocenters. The fraction of sp³-hybridized carbons (Fsp3) is 0.0800. The number of benzene rings is 3. The van der Waals surface area contributed by atoms with Crippen LogP contribution in [0, 0.1) is 0 Å². The number of anilines is 1. The molecule has 0 atom stereocenters. The van der Waals surface area contributed by atoms with E-state index in [-0.39, 0.29) is 12.3 Å². The predicted molar refractivity (Wildman–Crippen MR) is 126 cm³/mol. The number of nitrogens with zero attached hydrogens (tertiary/aromatic N) is 3. The first-order valence-corrected chi connectivity index (χ1v) is 10.9. The van der Waals surface area contributed by atoms with Crippen molar-refractivity contribution in [3.05, 3.63) is 89.9 Å². The highest BCUT2D eigenvalue weighted by atomic mass is 32.1. The molecule has 0 aliphatic carbocycles. The van der Waals surface area contributed by atoms with Crippen LogP contribution in [0.3, 0.4) is 0 Å². The van der Waals surface area contributed by atoms with Crippen LogP contribution >= 0.6 is 11.3 Å². The number of aromatic nitrogens is 3. The van der Waals surface area contributed by atoms with E-state index in [1.807, 2.05) is 85.2 Å². The van der Waals surface area contributed by atoms with Crippen LogP contribution in [0.1, 0.15) is 5.69 Å². The molecule has 1 amide bonds. The van der Waals surface area contributed by atoms with Crippen molar-refractivity contribution < 1.29 is 4.79 Å². The minimum Gasteiger partial charge on any atom is -0.327 e. The van der Waals surface area contributed by atoms with E-state index in [9.17, 15) is 4.79 Å². The van der Waals surface area contributed by atoms with Gasteiger partial charge < -0.3 is 9.88 Å². The topological polar surface area (TPSA) is 59.8 Å². The molecule has 5 rings (SSSR count). The zero-order chi connectivity index (χ0) is 21.2. The number of carbonyl (C=O) groups excluding carboxylic acids is 1. The number of hydrogen-bond donors (Lipinski definition) is 1. The van der Waals surface area contributed by atoms with Crippen molar-refractivity contribution in [2.24, 2.45) is 7.05 Å². The molecule has 2 heterocycles.